The Kier molecular flexibility index (Phi) is 3.64. The second kappa shape index (κ2) is 4.00. The van der Waals surface area contributed by atoms with Crippen LogP contribution in [-0.2, 0) is 9.53 Å². The van der Waals surface area contributed by atoms with E-state index in [9.17, 15) is 4.79 Å². The van der Waals surface area contributed by atoms with Crippen LogP contribution in [-0.4, -0.2) is 18.4 Å². The first-order valence-corrected chi connectivity index (χ1v) is 3.10. The number of carbonyl (C=O) groups excluding carboxylic acids is 1. The van der Waals surface area contributed by atoms with Crippen LogP contribution in [0.1, 0.15) is 6.92 Å². The first-order valence-electron chi connectivity index (χ1n) is 2.63. The van der Waals surface area contributed by atoms with Crippen LogP contribution in [0.5, 0.6) is 0 Å². The van der Waals surface area contributed by atoms with E-state index in [2.05, 4.69) is 17.0 Å². The van der Waals surface area contributed by atoms with E-state index in [0.29, 0.717) is 5.70 Å². The van der Waals surface area contributed by atoms with Crippen LogP contribution in [0.2, 0.25) is 0 Å². The van der Waals surface area contributed by atoms with E-state index in [1.807, 2.05) is 0 Å². The highest BCUT2D eigenvalue weighted by atomic mass is 32.1. The molecule has 0 heterocycles. The highest BCUT2D eigenvalue weighted by Gasteiger charge is 2.07. The van der Waals surface area contributed by atoms with E-state index in [0.717, 1.165) is 0 Å². The van der Waals surface area contributed by atoms with Crippen LogP contribution >= 0.6 is 12.2 Å². The van der Waals surface area contributed by atoms with Crippen molar-refractivity contribution in [3.05, 3.63) is 11.3 Å². The molecular formula is C6H9NO2S. The average molecular weight is 159 g/mol. The summed E-state index contributed by atoms with van der Waals surface area (Å²) in [6, 6.07) is 0. The first-order chi connectivity index (χ1) is 4.63. The van der Waals surface area contributed by atoms with Gasteiger partial charge in [0, 0.05) is 11.1 Å². The molecule has 0 aromatic carbocycles. The lowest BCUT2D eigenvalue weighted by Crippen LogP contribution is -2.11. The maximum absolute atomic E-state index is 10.7. The van der Waals surface area contributed by atoms with Gasteiger partial charge in [-0.1, -0.05) is 12.2 Å². The minimum atomic E-state index is -0.491. The Morgan fingerprint density at radius 2 is 2.20 bits per heavy atom. The van der Waals surface area contributed by atoms with Gasteiger partial charge in [0.05, 0.1) is 12.7 Å². The number of methoxy groups -OCH3 is 1. The molecule has 4 heteroatoms. The molecule has 0 bridgehead atoms. The predicted octanol–water partition coefficient (Wildman–Crippen LogP) is 0.392. The van der Waals surface area contributed by atoms with Gasteiger partial charge in [0.2, 0.25) is 0 Å². The van der Waals surface area contributed by atoms with Gasteiger partial charge in [-0.25, -0.2) is 4.79 Å². The standard InChI is InChI=1S/C6H9NO2S/c1-4(7)5(3-10)6(8)9-2/h3H,7H2,1-2H3/b5-4+. The Balaban J connectivity index is 4.53. The molecule has 0 unspecified atom stereocenters. The third-order valence-corrected chi connectivity index (χ3v) is 1.18. The van der Waals surface area contributed by atoms with Crippen LogP contribution in [0.3, 0.4) is 0 Å². The monoisotopic (exact) mass is 159 g/mol. The van der Waals surface area contributed by atoms with E-state index >= 15 is 0 Å². The fourth-order valence-electron chi connectivity index (χ4n) is 0.412. The Morgan fingerprint density at radius 3 is 2.30 bits per heavy atom. The molecule has 10 heavy (non-hydrogen) atoms. The predicted molar refractivity (Wildman–Crippen MR) is 42.6 cm³/mol. The third-order valence-electron chi connectivity index (χ3n) is 0.948. The number of nitrogens with two attached hydrogens (primary N) is 1. The van der Waals surface area contributed by atoms with Crippen LogP contribution in [0.25, 0.3) is 0 Å². The molecule has 0 rings (SSSR count). The maximum Gasteiger partial charge on any atom is 0.340 e. The summed E-state index contributed by atoms with van der Waals surface area (Å²) in [7, 11) is 1.28. The zero-order chi connectivity index (χ0) is 8.15. The molecule has 0 aromatic rings. The van der Waals surface area contributed by atoms with E-state index in [4.69, 9.17) is 5.73 Å². The van der Waals surface area contributed by atoms with Crippen molar-refractivity contribution in [2.75, 3.05) is 7.11 Å². The number of rotatable bonds is 2. The molecule has 2 N–H and O–H groups in total. The average Bonchev–Trinajstić information content (AvgIpc) is 1.88. The van der Waals surface area contributed by atoms with Gasteiger partial charge in [0.15, 0.2) is 0 Å². The van der Waals surface area contributed by atoms with Crippen molar-refractivity contribution < 1.29 is 9.53 Å². The Morgan fingerprint density at radius 1 is 1.70 bits per heavy atom. The fourth-order valence-corrected chi connectivity index (χ4v) is 0.694. The summed E-state index contributed by atoms with van der Waals surface area (Å²) in [6.07, 6.45) is 0. The van der Waals surface area contributed by atoms with Crippen molar-refractivity contribution in [1.29, 1.82) is 0 Å². The molecule has 56 valence electrons. The van der Waals surface area contributed by atoms with Gasteiger partial charge in [0.1, 0.15) is 0 Å². The SMILES string of the molecule is COC(=O)/C(C=S)=C(\C)N. The summed E-state index contributed by atoms with van der Waals surface area (Å²) in [6.45, 7) is 1.59. The highest BCUT2D eigenvalue weighted by Crippen LogP contribution is 1.97. The summed E-state index contributed by atoms with van der Waals surface area (Å²) in [5.74, 6) is -0.491. The Labute approximate surface area is 64.8 Å². The molecule has 0 aromatic heterocycles. The molecule has 0 saturated carbocycles. The van der Waals surface area contributed by atoms with Crippen molar-refractivity contribution in [2.45, 2.75) is 6.92 Å². The van der Waals surface area contributed by atoms with Crippen molar-refractivity contribution in [2.24, 2.45) is 5.73 Å². The summed E-state index contributed by atoms with van der Waals surface area (Å²) >= 11 is 4.53. The van der Waals surface area contributed by atoms with Crippen molar-refractivity contribution in [1.82, 2.24) is 0 Å². The van der Waals surface area contributed by atoms with E-state index in [-0.39, 0.29) is 5.57 Å². The maximum atomic E-state index is 10.7. The van der Waals surface area contributed by atoms with Gasteiger partial charge in [0.25, 0.3) is 0 Å². The second-order valence-electron chi connectivity index (χ2n) is 1.71. The summed E-state index contributed by atoms with van der Waals surface area (Å²) in [5, 5.41) is 1.21. The molecular weight excluding hydrogens is 150 g/mol. The molecule has 0 aliphatic rings. The van der Waals surface area contributed by atoms with E-state index in [1.165, 1.54) is 12.5 Å². The van der Waals surface area contributed by atoms with Crippen LogP contribution in [0.15, 0.2) is 11.3 Å². The van der Waals surface area contributed by atoms with Crippen molar-refractivity contribution in [3.8, 4) is 0 Å². The van der Waals surface area contributed by atoms with E-state index in [1.54, 1.807) is 6.92 Å². The quantitative estimate of drug-likeness (QED) is 0.360. The van der Waals surface area contributed by atoms with Gasteiger partial charge in [-0.3, -0.25) is 0 Å². The lowest BCUT2D eigenvalue weighted by atomic mass is 10.2. The zero-order valence-corrected chi connectivity index (χ0v) is 6.70. The van der Waals surface area contributed by atoms with Gasteiger partial charge < -0.3 is 10.5 Å². The second-order valence-corrected chi connectivity index (χ2v) is 1.94. The highest BCUT2D eigenvalue weighted by molar-refractivity contribution is 7.79. The lowest BCUT2D eigenvalue weighted by molar-refractivity contribution is -0.135. The minimum Gasteiger partial charge on any atom is -0.465 e. The molecule has 0 spiro atoms. The summed E-state index contributed by atoms with van der Waals surface area (Å²) in [5.41, 5.74) is 5.93. The molecule has 0 aliphatic carbocycles. The van der Waals surface area contributed by atoms with Gasteiger partial charge in [-0.05, 0) is 6.92 Å². The molecule has 0 aliphatic heterocycles. The number of allylic oxidation sites excluding steroid dienone is 1. The zero-order valence-electron chi connectivity index (χ0n) is 5.88. The van der Waals surface area contributed by atoms with Crippen molar-refractivity contribution in [3.63, 3.8) is 0 Å². The molecule has 0 amide bonds. The summed E-state index contributed by atoms with van der Waals surface area (Å²) < 4.78 is 4.39. The number of hydrogen-bond acceptors (Lipinski definition) is 4. The Bertz CT molecular complexity index is 182. The molecule has 3 nitrogen and oxygen atoms in total. The molecule has 0 saturated heterocycles. The normalized spacial score (nSPS) is 11.8. The topological polar surface area (TPSA) is 52.3 Å². The lowest BCUT2D eigenvalue weighted by Gasteiger charge is -1.99. The Hall–Kier alpha value is -0.900. The van der Waals surface area contributed by atoms with Crippen LogP contribution < -0.4 is 5.73 Å². The molecule has 0 radical (unpaired) electrons. The van der Waals surface area contributed by atoms with Crippen molar-refractivity contribution >= 4 is 23.6 Å². The number of esters is 1. The largest absolute Gasteiger partial charge is 0.465 e. The molecule has 0 atom stereocenters. The molecule has 0 fully saturated rings. The minimum absolute atomic E-state index is 0.248. The van der Waals surface area contributed by atoms with Crippen LogP contribution in [0.4, 0.5) is 0 Å². The van der Waals surface area contributed by atoms with Gasteiger partial charge in [-0.2, -0.15) is 0 Å². The first kappa shape index (κ1) is 9.10. The number of thiocarbonyl (C=S) groups is 1. The van der Waals surface area contributed by atoms with Gasteiger partial charge >= 0.3 is 5.97 Å². The van der Waals surface area contributed by atoms with E-state index < -0.39 is 5.97 Å². The number of ether oxygens (including phenoxy) is 1. The smallest absolute Gasteiger partial charge is 0.340 e. The number of carbonyl (C=O) groups is 1. The van der Waals surface area contributed by atoms with Gasteiger partial charge in [-0.15, -0.1) is 0 Å². The number of hydrogen-bond donors (Lipinski definition) is 1. The third kappa shape index (κ3) is 2.14. The fraction of sp³-hybridized carbons (Fsp3) is 0.333. The van der Waals surface area contributed by atoms with Crippen LogP contribution in [0, 0.1) is 0 Å². The summed E-state index contributed by atoms with van der Waals surface area (Å²) in [4.78, 5) is 10.7.